The number of nitrogens with zero attached hydrogens (tertiary/aromatic N) is 1. The van der Waals surface area contributed by atoms with Crippen LogP contribution in [0.3, 0.4) is 0 Å². The molecule has 0 amide bonds. The Kier molecular flexibility index (Phi) is 4.25. The van der Waals surface area contributed by atoms with Crippen molar-refractivity contribution in [1.82, 2.24) is 4.98 Å². The molecule has 2 aromatic rings. The highest BCUT2D eigenvalue weighted by molar-refractivity contribution is 7.98. The Morgan fingerprint density at radius 1 is 1.31 bits per heavy atom. The molecular formula is C12H14N2S2. The Balaban J connectivity index is 2.02. The van der Waals surface area contributed by atoms with Crippen LogP contribution in [-0.4, -0.2) is 23.5 Å². The van der Waals surface area contributed by atoms with Gasteiger partial charge in [-0.2, -0.15) is 11.8 Å². The second-order valence-corrected chi connectivity index (χ2v) is 5.17. The highest BCUT2D eigenvalue weighted by atomic mass is 32.2. The molecule has 0 spiro atoms. The third-order valence-electron chi connectivity index (χ3n) is 2.16. The summed E-state index contributed by atoms with van der Waals surface area (Å²) in [7, 11) is 0. The zero-order valence-electron chi connectivity index (χ0n) is 9.14. The van der Waals surface area contributed by atoms with Crippen molar-refractivity contribution in [3.8, 4) is 11.3 Å². The van der Waals surface area contributed by atoms with Crippen LogP contribution >= 0.6 is 23.1 Å². The second kappa shape index (κ2) is 5.92. The van der Waals surface area contributed by atoms with E-state index in [-0.39, 0.29) is 0 Å². The van der Waals surface area contributed by atoms with Crippen LogP contribution in [0.2, 0.25) is 0 Å². The van der Waals surface area contributed by atoms with Crippen molar-refractivity contribution in [3.63, 3.8) is 0 Å². The summed E-state index contributed by atoms with van der Waals surface area (Å²) in [6.45, 7) is 0.975. The number of thioether (sulfide) groups is 1. The minimum absolute atomic E-state index is 0.975. The first-order valence-corrected chi connectivity index (χ1v) is 7.41. The number of benzene rings is 1. The van der Waals surface area contributed by atoms with Crippen molar-refractivity contribution in [3.05, 3.63) is 35.7 Å². The molecule has 4 heteroatoms. The van der Waals surface area contributed by atoms with Gasteiger partial charge in [-0.15, -0.1) is 11.3 Å². The molecule has 1 aromatic carbocycles. The number of nitrogens with one attached hydrogen (secondary N) is 1. The molecule has 16 heavy (non-hydrogen) atoms. The van der Waals surface area contributed by atoms with Crippen molar-refractivity contribution in [2.75, 3.05) is 23.9 Å². The van der Waals surface area contributed by atoms with Gasteiger partial charge in [0.05, 0.1) is 5.69 Å². The van der Waals surface area contributed by atoms with Crippen LogP contribution in [0.5, 0.6) is 0 Å². The maximum absolute atomic E-state index is 4.55. The smallest absolute Gasteiger partial charge is 0.183 e. The van der Waals surface area contributed by atoms with E-state index in [1.54, 1.807) is 11.3 Å². The zero-order chi connectivity index (χ0) is 11.2. The molecule has 1 N–H and O–H groups in total. The molecular weight excluding hydrogens is 236 g/mol. The lowest BCUT2D eigenvalue weighted by Gasteiger charge is -1.99. The van der Waals surface area contributed by atoms with Gasteiger partial charge < -0.3 is 5.32 Å². The molecule has 2 rings (SSSR count). The van der Waals surface area contributed by atoms with E-state index in [9.17, 15) is 0 Å². The molecule has 0 radical (unpaired) electrons. The first-order chi connectivity index (χ1) is 7.90. The molecule has 0 saturated heterocycles. The predicted molar refractivity (Wildman–Crippen MR) is 74.4 cm³/mol. The fourth-order valence-corrected chi connectivity index (χ4v) is 2.41. The van der Waals surface area contributed by atoms with Gasteiger partial charge in [0.25, 0.3) is 0 Å². The first-order valence-electron chi connectivity index (χ1n) is 5.14. The number of aromatic nitrogens is 1. The van der Waals surface area contributed by atoms with Crippen molar-refractivity contribution >= 4 is 28.2 Å². The van der Waals surface area contributed by atoms with Crippen molar-refractivity contribution in [1.29, 1.82) is 0 Å². The number of hydrogen-bond acceptors (Lipinski definition) is 4. The molecule has 0 aliphatic carbocycles. The van der Waals surface area contributed by atoms with Crippen LogP contribution in [0.4, 0.5) is 5.13 Å². The monoisotopic (exact) mass is 250 g/mol. The third kappa shape index (κ3) is 3.00. The van der Waals surface area contributed by atoms with E-state index >= 15 is 0 Å². The Labute approximate surface area is 104 Å². The van der Waals surface area contributed by atoms with Crippen molar-refractivity contribution in [2.24, 2.45) is 0 Å². The highest BCUT2D eigenvalue weighted by Crippen LogP contribution is 2.24. The van der Waals surface area contributed by atoms with Gasteiger partial charge in [0.2, 0.25) is 0 Å². The van der Waals surface area contributed by atoms with Crippen LogP contribution in [0.25, 0.3) is 11.3 Å². The number of hydrogen-bond donors (Lipinski definition) is 1. The van der Waals surface area contributed by atoms with Gasteiger partial charge in [0.1, 0.15) is 0 Å². The Morgan fingerprint density at radius 3 is 2.88 bits per heavy atom. The van der Waals surface area contributed by atoms with Crippen molar-refractivity contribution in [2.45, 2.75) is 0 Å². The van der Waals surface area contributed by atoms with Gasteiger partial charge in [-0.3, -0.25) is 0 Å². The topological polar surface area (TPSA) is 24.9 Å². The van der Waals surface area contributed by atoms with Crippen LogP contribution in [-0.2, 0) is 0 Å². The average molecular weight is 250 g/mol. The standard InChI is InChI=1S/C12H14N2S2/c1-15-8-7-13-12-14-11(9-16-12)10-5-3-2-4-6-10/h2-6,9H,7-8H2,1H3,(H,13,14). The molecule has 0 saturated carbocycles. The van der Waals surface area contributed by atoms with E-state index < -0.39 is 0 Å². The van der Waals surface area contributed by atoms with E-state index in [1.807, 2.05) is 30.0 Å². The molecule has 0 atom stereocenters. The Hall–Kier alpha value is -1.00. The fourth-order valence-electron chi connectivity index (χ4n) is 1.36. The molecule has 0 bridgehead atoms. The summed E-state index contributed by atoms with van der Waals surface area (Å²) in [5, 5.41) is 6.42. The second-order valence-electron chi connectivity index (χ2n) is 3.32. The highest BCUT2D eigenvalue weighted by Gasteiger charge is 2.02. The van der Waals surface area contributed by atoms with Gasteiger partial charge >= 0.3 is 0 Å². The number of rotatable bonds is 5. The van der Waals surface area contributed by atoms with Crippen LogP contribution in [0.1, 0.15) is 0 Å². The average Bonchev–Trinajstić information content (AvgIpc) is 2.79. The van der Waals surface area contributed by atoms with Crippen LogP contribution in [0.15, 0.2) is 35.7 Å². The molecule has 1 heterocycles. The number of thiazole rings is 1. The number of anilines is 1. The fraction of sp³-hybridized carbons (Fsp3) is 0.250. The Bertz CT molecular complexity index is 426. The van der Waals surface area contributed by atoms with E-state index in [4.69, 9.17) is 0 Å². The summed E-state index contributed by atoms with van der Waals surface area (Å²) in [6.07, 6.45) is 2.11. The molecule has 1 aromatic heterocycles. The molecule has 84 valence electrons. The Morgan fingerprint density at radius 2 is 2.12 bits per heavy atom. The van der Waals surface area contributed by atoms with E-state index in [0.29, 0.717) is 0 Å². The van der Waals surface area contributed by atoms with Gasteiger partial charge in [0, 0.05) is 23.2 Å². The van der Waals surface area contributed by atoms with Crippen LogP contribution in [0, 0.1) is 0 Å². The molecule has 0 aliphatic rings. The normalized spacial score (nSPS) is 10.3. The minimum Gasteiger partial charge on any atom is -0.361 e. The zero-order valence-corrected chi connectivity index (χ0v) is 10.8. The maximum atomic E-state index is 4.55. The van der Waals surface area contributed by atoms with Gasteiger partial charge in [0.15, 0.2) is 5.13 Å². The SMILES string of the molecule is CSCCNc1nc(-c2ccccc2)cs1. The molecule has 0 unspecified atom stereocenters. The summed E-state index contributed by atoms with van der Waals surface area (Å²) in [4.78, 5) is 4.55. The lowest BCUT2D eigenvalue weighted by Crippen LogP contribution is -2.02. The summed E-state index contributed by atoms with van der Waals surface area (Å²) in [6, 6.07) is 10.3. The van der Waals surface area contributed by atoms with E-state index in [0.717, 1.165) is 23.1 Å². The third-order valence-corrected chi connectivity index (χ3v) is 3.57. The lowest BCUT2D eigenvalue weighted by molar-refractivity contribution is 1.21. The predicted octanol–water partition coefficient (Wildman–Crippen LogP) is 3.59. The summed E-state index contributed by atoms with van der Waals surface area (Å²) >= 11 is 3.50. The van der Waals surface area contributed by atoms with Gasteiger partial charge in [-0.25, -0.2) is 4.98 Å². The summed E-state index contributed by atoms with van der Waals surface area (Å²) in [5.74, 6) is 1.11. The van der Waals surface area contributed by atoms with Gasteiger partial charge in [-0.05, 0) is 6.26 Å². The summed E-state index contributed by atoms with van der Waals surface area (Å²) in [5.41, 5.74) is 2.23. The minimum atomic E-state index is 0.975. The molecule has 2 nitrogen and oxygen atoms in total. The first kappa shape index (κ1) is 11.5. The molecule has 0 fully saturated rings. The largest absolute Gasteiger partial charge is 0.361 e. The molecule has 0 aliphatic heterocycles. The van der Waals surface area contributed by atoms with Crippen LogP contribution < -0.4 is 5.32 Å². The van der Waals surface area contributed by atoms with Gasteiger partial charge in [-0.1, -0.05) is 30.3 Å². The maximum Gasteiger partial charge on any atom is 0.183 e. The van der Waals surface area contributed by atoms with E-state index in [1.165, 1.54) is 5.56 Å². The van der Waals surface area contributed by atoms with E-state index in [2.05, 4.69) is 34.1 Å². The summed E-state index contributed by atoms with van der Waals surface area (Å²) < 4.78 is 0. The quantitative estimate of drug-likeness (QED) is 0.821. The van der Waals surface area contributed by atoms with Crippen molar-refractivity contribution < 1.29 is 0 Å². The lowest BCUT2D eigenvalue weighted by atomic mass is 10.2.